The topological polar surface area (TPSA) is 0 Å². The normalized spacial score (nSPS) is 0. The molecule has 0 fully saturated rings. The van der Waals surface area contributed by atoms with E-state index in [0.717, 1.165) is 0 Å². The molecule has 0 aromatic rings. The summed E-state index contributed by atoms with van der Waals surface area (Å²) in [7, 11) is 0. The van der Waals surface area contributed by atoms with Crippen molar-refractivity contribution in [2.24, 2.45) is 0 Å². The zero-order chi connectivity index (χ0) is 0. The van der Waals surface area contributed by atoms with Crippen LogP contribution in [0.3, 0.4) is 0 Å². The smallest absolute Gasteiger partial charge is 1.00 e. The predicted octanol–water partition coefficient (Wildman–Crippen LogP) is -9.37. The Morgan fingerprint density at radius 3 is 0.600 bits per heavy atom. The molecule has 0 aromatic heterocycles. The van der Waals surface area contributed by atoms with Crippen molar-refractivity contribution in [1.82, 2.24) is 0 Å². The van der Waals surface area contributed by atoms with Crippen LogP contribution in [-0.4, -0.2) is 17.4 Å². The largest absolute Gasteiger partial charge is 3.00 e. The van der Waals surface area contributed by atoms with E-state index < -0.39 is 0 Å². The summed E-state index contributed by atoms with van der Waals surface area (Å²) in [6.45, 7) is 0. The van der Waals surface area contributed by atoms with E-state index in [9.17, 15) is 0 Å². The van der Waals surface area contributed by atoms with Crippen molar-refractivity contribution in [3.05, 3.63) is 0 Å². The van der Waals surface area contributed by atoms with E-state index >= 15 is 0 Å². The second-order valence-electron chi connectivity index (χ2n) is 0. The Hall–Kier alpha value is 0.842. The van der Waals surface area contributed by atoms with Crippen LogP contribution in [0.4, 0.5) is 0 Å². The maximum absolute atomic E-state index is 0. The van der Waals surface area contributed by atoms with Gasteiger partial charge in [0.05, 0.1) is 0 Å². The van der Waals surface area contributed by atoms with Crippen LogP contribution in [0.15, 0.2) is 0 Å². The molecule has 0 bridgehead atoms. The summed E-state index contributed by atoms with van der Waals surface area (Å²) in [4.78, 5) is 0. The maximum atomic E-state index is 0. The molecule has 0 unspecified atom stereocenters. The van der Waals surface area contributed by atoms with Crippen LogP contribution in [0, 0.1) is 0 Å². The van der Waals surface area contributed by atoms with Crippen molar-refractivity contribution >= 4 is 17.4 Å². The molecule has 0 aliphatic carbocycles. The first-order valence-electron chi connectivity index (χ1n) is 0. The Kier molecular flexibility index (Phi) is 3900. The van der Waals surface area contributed by atoms with Crippen LogP contribution >= 0.6 is 0 Å². The fourth-order valence-electron chi connectivity index (χ4n) is 0. The molecule has 0 rings (SSSR count). The molecule has 0 amide bonds. The zero-order valence-electron chi connectivity index (χ0n) is 2.01. The summed E-state index contributed by atoms with van der Waals surface area (Å²) < 4.78 is 0. The molecule has 0 N–H and O–H groups in total. The molecule has 0 aromatic carbocycles. The third kappa shape index (κ3) is 55.2. The summed E-state index contributed by atoms with van der Waals surface area (Å²) in [6.07, 6.45) is 0. The van der Waals surface area contributed by atoms with Gasteiger partial charge in [0.15, 0.2) is 0 Å². The fraction of sp³-hybridized carbons (Fsp3) is 0. The second-order valence-corrected chi connectivity index (χ2v) is 0. The average molecular weight is 148 g/mol. The zero-order valence-corrected chi connectivity index (χ0v) is 4.11. The number of hydrogen-bond donors (Lipinski definition) is 0. The molecule has 0 atom stereocenters. The van der Waals surface area contributed by atoms with E-state index in [2.05, 4.69) is 0 Å². The van der Waals surface area contributed by atoms with Crippen molar-refractivity contribution < 1.29 is 31.2 Å². The molecule has 0 aliphatic heterocycles. The monoisotopic (exact) mass is 147 g/mol. The summed E-state index contributed by atoms with van der Waals surface area (Å²) >= 11 is 0. The number of hydrogen-bond acceptors (Lipinski definition) is 0. The third-order valence-corrected chi connectivity index (χ3v) is 0. The van der Waals surface area contributed by atoms with E-state index in [1.807, 2.05) is 0 Å². The minimum atomic E-state index is 0. The Morgan fingerprint density at radius 2 is 0.600 bits per heavy atom. The van der Waals surface area contributed by atoms with Gasteiger partial charge < -0.3 is 14.1 Å². The van der Waals surface area contributed by atoms with Gasteiger partial charge in [0.2, 0.25) is 0 Å². The molecular formula is AlCuF3. The standard InChI is InChI=1S/Al.Cu.3FH/h;;3*1H/q+3;;;;/p-3. The van der Waals surface area contributed by atoms with Crippen LogP contribution in [0.2, 0.25) is 0 Å². The number of rotatable bonds is 0. The molecule has 0 saturated heterocycles. The van der Waals surface area contributed by atoms with Gasteiger partial charge in [0.1, 0.15) is 0 Å². The molecule has 0 heterocycles. The molecule has 5 heavy (non-hydrogen) atoms. The van der Waals surface area contributed by atoms with Crippen molar-refractivity contribution in [2.45, 2.75) is 0 Å². The Balaban J connectivity index is 0. The minimum absolute atomic E-state index is 0. The molecule has 35 valence electrons. The van der Waals surface area contributed by atoms with E-state index in [0.29, 0.717) is 0 Å². The SMILES string of the molecule is [Al+3].[Cu].[F-].[F-].[F-]. The minimum Gasteiger partial charge on any atom is -1.00 e. The third-order valence-electron chi connectivity index (χ3n) is 0. The molecule has 0 nitrogen and oxygen atoms in total. The van der Waals surface area contributed by atoms with Crippen molar-refractivity contribution in [2.75, 3.05) is 0 Å². The van der Waals surface area contributed by atoms with Gasteiger partial charge in [-0.3, -0.25) is 0 Å². The predicted molar refractivity (Wildman–Crippen MR) is 5.75 cm³/mol. The Morgan fingerprint density at radius 1 is 0.600 bits per heavy atom. The summed E-state index contributed by atoms with van der Waals surface area (Å²) in [5, 5.41) is 0. The summed E-state index contributed by atoms with van der Waals surface area (Å²) in [5.41, 5.74) is 0. The molecule has 0 aliphatic rings. The fourth-order valence-corrected chi connectivity index (χ4v) is 0. The molecule has 0 saturated carbocycles. The van der Waals surface area contributed by atoms with Gasteiger partial charge in [-0.25, -0.2) is 0 Å². The van der Waals surface area contributed by atoms with Crippen molar-refractivity contribution in [1.29, 1.82) is 0 Å². The Bertz CT molecular complexity index is 6.85. The first-order valence-corrected chi connectivity index (χ1v) is 0. The maximum Gasteiger partial charge on any atom is 3.00 e. The first kappa shape index (κ1) is 193. The van der Waals surface area contributed by atoms with Gasteiger partial charge in [0, 0.05) is 17.1 Å². The van der Waals surface area contributed by atoms with Gasteiger partial charge in [-0.15, -0.1) is 0 Å². The average Bonchev–Trinajstić information content (AvgIpc) is 0. The van der Waals surface area contributed by atoms with Crippen LogP contribution in [0.1, 0.15) is 0 Å². The van der Waals surface area contributed by atoms with E-state index in [1.54, 1.807) is 0 Å². The summed E-state index contributed by atoms with van der Waals surface area (Å²) in [6, 6.07) is 0. The van der Waals surface area contributed by atoms with Gasteiger partial charge in [-0.1, -0.05) is 0 Å². The van der Waals surface area contributed by atoms with Crippen LogP contribution in [-0.2, 0) is 17.1 Å². The molecule has 5 heteroatoms. The second kappa shape index (κ2) is 101. The van der Waals surface area contributed by atoms with E-state index in [4.69, 9.17) is 0 Å². The van der Waals surface area contributed by atoms with Crippen LogP contribution in [0.5, 0.6) is 0 Å². The molecular weight excluding hydrogens is 148 g/mol. The molecule has 1 radical (unpaired) electrons. The van der Waals surface area contributed by atoms with Crippen molar-refractivity contribution in [3.8, 4) is 0 Å². The van der Waals surface area contributed by atoms with Crippen molar-refractivity contribution in [3.63, 3.8) is 0 Å². The summed E-state index contributed by atoms with van der Waals surface area (Å²) in [5.74, 6) is 0. The Labute approximate surface area is 49.0 Å². The van der Waals surface area contributed by atoms with Gasteiger partial charge >= 0.3 is 17.4 Å². The first-order chi connectivity index (χ1) is 0. The van der Waals surface area contributed by atoms with E-state index in [1.165, 1.54) is 0 Å². The van der Waals surface area contributed by atoms with Crippen LogP contribution < -0.4 is 14.1 Å². The van der Waals surface area contributed by atoms with Gasteiger partial charge in [0.25, 0.3) is 0 Å². The van der Waals surface area contributed by atoms with Crippen LogP contribution in [0.25, 0.3) is 0 Å². The van der Waals surface area contributed by atoms with Gasteiger partial charge in [-0.05, 0) is 0 Å². The quantitative estimate of drug-likeness (QED) is 0.299. The number of halogens is 3. The van der Waals surface area contributed by atoms with E-state index in [-0.39, 0.29) is 48.5 Å². The van der Waals surface area contributed by atoms with Gasteiger partial charge in [-0.2, -0.15) is 0 Å². The molecule has 0 spiro atoms.